The van der Waals surface area contributed by atoms with E-state index in [0.29, 0.717) is 12.3 Å². The highest BCUT2D eigenvalue weighted by Crippen LogP contribution is 2.28. The maximum absolute atomic E-state index is 12.0. The number of hydrogen-bond acceptors (Lipinski definition) is 2. The van der Waals surface area contributed by atoms with Gasteiger partial charge in [0.05, 0.1) is 6.07 Å². The number of carbonyl (C=O) groups is 1. The van der Waals surface area contributed by atoms with Gasteiger partial charge in [0.1, 0.15) is 6.04 Å². The molecule has 0 bridgehead atoms. The lowest BCUT2D eigenvalue weighted by molar-refractivity contribution is -0.122. The summed E-state index contributed by atoms with van der Waals surface area (Å²) in [4.78, 5) is 12.0. The van der Waals surface area contributed by atoms with Crippen LogP contribution in [0.25, 0.3) is 0 Å². The van der Waals surface area contributed by atoms with Gasteiger partial charge in [-0.3, -0.25) is 4.79 Å². The Morgan fingerprint density at radius 1 is 1.05 bits per heavy atom. The van der Waals surface area contributed by atoms with E-state index in [-0.39, 0.29) is 11.9 Å². The van der Waals surface area contributed by atoms with Crippen LogP contribution in [-0.2, 0) is 4.79 Å². The lowest BCUT2D eigenvalue weighted by Gasteiger charge is -2.26. The van der Waals surface area contributed by atoms with Crippen molar-refractivity contribution < 1.29 is 4.79 Å². The Morgan fingerprint density at radius 3 is 2.25 bits per heavy atom. The molecule has 0 saturated heterocycles. The Hall–Kier alpha value is -1.04. The van der Waals surface area contributed by atoms with E-state index >= 15 is 0 Å². The van der Waals surface area contributed by atoms with Gasteiger partial charge in [0, 0.05) is 6.42 Å². The minimum absolute atomic E-state index is 0.0905. The molecule has 0 heterocycles. The number of nitrogens with one attached hydrogen (secondary N) is 1. The summed E-state index contributed by atoms with van der Waals surface area (Å²) in [6.45, 7) is 0. The molecular weight excluding hydrogens is 248 g/mol. The zero-order chi connectivity index (χ0) is 14.2. The highest BCUT2D eigenvalue weighted by Gasteiger charge is 2.25. The second-order valence-corrected chi connectivity index (χ2v) is 6.62. The van der Waals surface area contributed by atoms with Crippen molar-refractivity contribution in [3.05, 3.63) is 0 Å². The van der Waals surface area contributed by atoms with Gasteiger partial charge in [-0.25, -0.2) is 0 Å². The van der Waals surface area contributed by atoms with Gasteiger partial charge in [-0.05, 0) is 31.1 Å². The van der Waals surface area contributed by atoms with Crippen LogP contribution in [0.3, 0.4) is 0 Å². The third-order valence-corrected chi connectivity index (χ3v) is 5.08. The largest absolute Gasteiger partial charge is 0.340 e. The Balaban J connectivity index is 1.70. The van der Waals surface area contributed by atoms with Crippen molar-refractivity contribution in [1.29, 1.82) is 5.26 Å². The van der Waals surface area contributed by atoms with Crippen LogP contribution in [0, 0.1) is 23.2 Å². The summed E-state index contributed by atoms with van der Waals surface area (Å²) in [5.41, 5.74) is 0. The third-order valence-electron chi connectivity index (χ3n) is 5.08. The first kappa shape index (κ1) is 15.4. The van der Waals surface area contributed by atoms with Crippen LogP contribution in [0.2, 0.25) is 0 Å². The quantitative estimate of drug-likeness (QED) is 0.827. The summed E-state index contributed by atoms with van der Waals surface area (Å²) in [5.74, 6) is 1.21. The van der Waals surface area contributed by atoms with Crippen molar-refractivity contribution in [2.24, 2.45) is 11.8 Å². The number of rotatable bonds is 5. The number of hydrogen-bond donors (Lipinski definition) is 1. The fourth-order valence-electron chi connectivity index (χ4n) is 3.78. The summed E-state index contributed by atoms with van der Waals surface area (Å²) in [7, 11) is 0. The maximum Gasteiger partial charge on any atom is 0.221 e. The molecule has 0 aromatic heterocycles. The molecule has 0 aromatic rings. The first-order valence-corrected chi connectivity index (χ1v) is 8.48. The SMILES string of the molecule is N#CC(NC(=O)CCC1CCCCC1)C1CCCCC1. The average Bonchev–Trinajstić information content (AvgIpc) is 2.52. The van der Waals surface area contributed by atoms with Gasteiger partial charge in [-0.15, -0.1) is 0 Å². The van der Waals surface area contributed by atoms with Gasteiger partial charge in [0.2, 0.25) is 5.91 Å². The fourth-order valence-corrected chi connectivity index (χ4v) is 3.78. The van der Waals surface area contributed by atoms with Gasteiger partial charge in [0.25, 0.3) is 0 Å². The molecule has 0 spiro atoms. The van der Waals surface area contributed by atoms with E-state index in [1.54, 1.807) is 0 Å². The molecule has 1 unspecified atom stereocenters. The zero-order valence-corrected chi connectivity index (χ0v) is 12.6. The lowest BCUT2D eigenvalue weighted by atomic mass is 9.84. The van der Waals surface area contributed by atoms with Crippen molar-refractivity contribution in [3.63, 3.8) is 0 Å². The van der Waals surface area contributed by atoms with E-state index < -0.39 is 0 Å². The zero-order valence-electron chi connectivity index (χ0n) is 12.6. The molecule has 3 heteroatoms. The van der Waals surface area contributed by atoms with Gasteiger partial charge < -0.3 is 5.32 Å². The fraction of sp³-hybridized carbons (Fsp3) is 0.882. The summed E-state index contributed by atoms with van der Waals surface area (Å²) >= 11 is 0. The molecule has 0 aromatic carbocycles. The number of nitriles is 1. The van der Waals surface area contributed by atoms with Gasteiger partial charge in [-0.2, -0.15) is 5.26 Å². The molecule has 2 rings (SSSR count). The van der Waals surface area contributed by atoms with Crippen LogP contribution < -0.4 is 5.32 Å². The minimum Gasteiger partial charge on any atom is -0.340 e. The molecule has 2 aliphatic rings. The summed E-state index contributed by atoms with van der Waals surface area (Å²) in [6.07, 6.45) is 14.1. The molecule has 2 saturated carbocycles. The van der Waals surface area contributed by atoms with E-state index in [1.807, 2.05) is 0 Å². The molecule has 1 atom stereocenters. The molecule has 20 heavy (non-hydrogen) atoms. The second kappa shape index (κ2) is 8.29. The van der Waals surface area contributed by atoms with Gasteiger partial charge in [-0.1, -0.05) is 51.4 Å². The Labute approximate surface area is 123 Å². The van der Waals surface area contributed by atoms with E-state index in [2.05, 4.69) is 11.4 Å². The van der Waals surface area contributed by atoms with Crippen molar-refractivity contribution in [2.45, 2.75) is 83.1 Å². The van der Waals surface area contributed by atoms with Crippen LogP contribution in [0.1, 0.15) is 77.0 Å². The topological polar surface area (TPSA) is 52.9 Å². The van der Waals surface area contributed by atoms with Crippen LogP contribution in [-0.4, -0.2) is 11.9 Å². The van der Waals surface area contributed by atoms with Crippen molar-refractivity contribution in [3.8, 4) is 6.07 Å². The molecule has 0 radical (unpaired) electrons. The molecule has 0 aliphatic heterocycles. The Morgan fingerprint density at radius 2 is 1.65 bits per heavy atom. The van der Waals surface area contributed by atoms with Gasteiger partial charge >= 0.3 is 0 Å². The van der Waals surface area contributed by atoms with E-state index in [1.165, 1.54) is 51.4 Å². The summed E-state index contributed by atoms with van der Waals surface area (Å²) < 4.78 is 0. The molecule has 2 aliphatic carbocycles. The van der Waals surface area contributed by atoms with Crippen molar-refractivity contribution in [2.75, 3.05) is 0 Å². The molecule has 1 N–H and O–H groups in total. The Kier molecular flexibility index (Phi) is 6.36. The molecular formula is C17H28N2O. The number of nitrogens with zero attached hydrogens (tertiary/aromatic N) is 1. The average molecular weight is 276 g/mol. The van der Waals surface area contributed by atoms with E-state index in [4.69, 9.17) is 0 Å². The number of amides is 1. The summed E-state index contributed by atoms with van der Waals surface area (Å²) in [6, 6.07) is 2.05. The molecule has 2 fully saturated rings. The molecule has 1 amide bonds. The summed E-state index contributed by atoms with van der Waals surface area (Å²) in [5, 5.41) is 12.3. The highest BCUT2D eigenvalue weighted by atomic mass is 16.1. The van der Waals surface area contributed by atoms with E-state index in [9.17, 15) is 10.1 Å². The van der Waals surface area contributed by atoms with Crippen LogP contribution >= 0.6 is 0 Å². The standard InChI is InChI=1S/C17H28N2O/c18-13-16(15-9-5-2-6-10-15)19-17(20)12-11-14-7-3-1-4-8-14/h14-16H,1-12H2,(H,19,20). The minimum atomic E-state index is -0.255. The lowest BCUT2D eigenvalue weighted by Crippen LogP contribution is -2.40. The van der Waals surface area contributed by atoms with Crippen molar-refractivity contribution >= 4 is 5.91 Å². The predicted octanol–water partition coefficient (Wildman–Crippen LogP) is 3.94. The van der Waals surface area contributed by atoms with E-state index in [0.717, 1.165) is 25.2 Å². The molecule has 112 valence electrons. The first-order chi connectivity index (χ1) is 9.79. The van der Waals surface area contributed by atoms with Crippen molar-refractivity contribution in [1.82, 2.24) is 5.32 Å². The monoisotopic (exact) mass is 276 g/mol. The van der Waals surface area contributed by atoms with Crippen LogP contribution in [0.5, 0.6) is 0 Å². The van der Waals surface area contributed by atoms with Crippen LogP contribution in [0.15, 0.2) is 0 Å². The van der Waals surface area contributed by atoms with Gasteiger partial charge in [0.15, 0.2) is 0 Å². The first-order valence-electron chi connectivity index (χ1n) is 8.48. The third kappa shape index (κ3) is 4.81. The maximum atomic E-state index is 12.0. The molecule has 3 nitrogen and oxygen atoms in total. The Bertz CT molecular complexity index is 335. The normalized spacial score (nSPS) is 22.9. The smallest absolute Gasteiger partial charge is 0.221 e. The number of carbonyl (C=O) groups excluding carboxylic acids is 1. The second-order valence-electron chi connectivity index (χ2n) is 6.62. The van der Waals surface area contributed by atoms with Crippen LogP contribution in [0.4, 0.5) is 0 Å². The predicted molar refractivity (Wildman–Crippen MR) is 79.9 cm³/mol. The highest BCUT2D eigenvalue weighted by molar-refractivity contribution is 5.76.